The van der Waals surface area contributed by atoms with Gasteiger partial charge in [0.2, 0.25) is 0 Å². The molecule has 2 heterocycles. The summed E-state index contributed by atoms with van der Waals surface area (Å²) < 4.78 is 5.48. The van der Waals surface area contributed by atoms with Crippen LogP contribution in [0.5, 0.6) is 0 Å². The van der Waals surface area contributed by atoms with Crippen molar-refractivity contribution < 1.29 is 4.74 Å². The minimum atomic E-state index is 0.517. The molecule has 0 bridgehead atoms. The zero-order chi connectivity index (χ0) is 13.0. The SMILES string of the molecule is CC1(C)CCCN(C(CN)C2CCOCC2)CC1. The highest BCUT2D eigenvalue weighted by Gasteiger charge is 2.31. The summed E-state index contributed by atoms with van der Waals surface area (Å²) in [6, 6.07) is 0.586. The first kappa shape index (κ1) is 14.3. The molecule has 2 N–H and O–H groups in total. The second-order valence-electron chi connectivity index (χ2n) is 6.81. The summed E-state index contributed by atoms with van der Waals surface area (Å²) in [5, 5.41) is 0. The van der Waals surface area contributed by atoms with Crippen LogP contribution < -0.4 is 5.73 Å². The van der Waals surface area contributed by atoms with E-state index in [2.05, 4.69) is 18.7 Å². The lowest BCUT2D eigenvalue weighted by atomic mass is 9.85. The predicted octanol–water partition coefficient (Wildman–Crippen LogP) is 2.25. The lowest BCUT2D eigenvalue weighted by Gasteiger charge is -2.38. The minimum absolute atomic E-state index is 0.517. The van der Waals surface area contributed by atoms with E-state index >= 15 is 0 Å². The van der Waals surface area contributed by atoms with Gasteiger partial charge in [-0.3, -0.25) is 4.90 Å². The maximum atomic E-state index is 6.07. The summed E-state index contributed by atoms with van der Waals surface area (Å²) >= 11 is 0. The Morgan fingerprint density at radius 3 is 2.61 bits per heavy atom. The maximum Gasteiger partial charge on any atom is 0.0469 e. The monoisotopic (exact) mass is 254 g/mol. The Morgan fingerprint density at radius 1 is 1.22 bits per heavy atom. The van der Waals surface area contributed by atoms with Crippen molar-refractivity contribution in [3.05, 3.63) is 0 Å². The second-order valence-corrected chi connectivity index (χ2v) is 6.81. The van der Waals surface area contributed by atoms with Crippen LogP contribution in [0.3, 0.4) is 0 Å². The summed E-state index contributed by atoms with van der Waals surface area (Å²) in [4.78, 5) is 2.67. The molecule has 1 unspecified atom stereocenters. The Balaban J connectivity index is 1.94. The smallest absolute Gasteiger partial charge is 0.0469 e. The highest BCUT2D eigenvalue weighted by atomic mass is 16.5. The third kappa shape index (κ3) is 3.69. The summed E-state index contributed by atoms with van der Waals surface area (Å²) in [5.41, 5.74) is 6.59. The van der Waals surface area contributed by atoms with Gasteiger partial charge in [0.15, 0.2) is 0 Å². The molecule has 1 atom stereocenters. The van der Waals surface area contributed by atoms with E-state index in [4.69, 9.17) is 10.5 Å². The molecular weight excluding hydrogens is 224 g/mol. The Hall–Kier alpha value is -0.120. The van der Waals surface area contributed by atoms with Crippen molar-refractivity contribution in [1.29, 1.82) is 0 Å². The fraction of sp³-hybridized carbons (Fsp3) is 1.00. The molecule has 0 saturated carbocycles. The number of ether oxygens (including phenoxy) is 1. The van der Waals surface area contributed by atoms with Crippen molar-refractivity contribution in [2.24, 2.45) is 17.1 Å². The van der Waals surface area contributed by atoms with Gasteiger partial charge < -0.3 is 10.5 Å². The van der Waals surface area contributed by atoms with E-state index in [1.54, 1.807) is 0 Å². The summed E-state index contributed by atoms with van der Waals surface area (Å²) in [6.07, 6.45) is 6.39. The Labute approximate surface area is 112 Å². The zero-order valence-corrected chi connectivity index (χ0v) is 12.2. The van der Waals surface area contributed by atoms with Crippen molar-refractivity contribution in [2.75, 3.05) is 32.8 Å². The molecular formula is C15H30N2O. The maximum absolute atomic E-state index is 6.07. The Kier molecular flexibility index (Phi) is 5.05. The van der Waals surface area contributed by atoms with Gasteiger partial charge in [0, 0.05) is 25.8 Å². The lowest BCUT2D eigenvalue weighted by Crippen LogP contribution is -2.47. The number of hydrogen-bond donors (Lipinski definition) is 1. The molecule has 0 aromatic carbocycles. The topological polar surface area (TPSA) is 38.5 Å². The molecule has 0 aromatic heterocycles. The van der Waals surface area contributed by atoms with E-state index in [1.165, 1.54) is 45.2 Å². The molecule has 0 aliphatic carbocycles. The number of likely N-dealkylation sites (tertiary alicyclic amines) is 1. The summed E-state index contributed by atoms with van der Waals surface area (Å²) in [5.74, 6) is 0.755. The summed E-state index contributed by atoms with van der Waals surface area (Å²) in [7, 11) is 0. The molecule has 0 spiro atoms. The first-order chi connectivity index (χ1) is 8.62. The molecule has 0 aromatic rings. The number of nitrogens with two attached hydrogens (primary N) is 1. The van der Waals surface area contributed by atoms with Crippen molar-refractivity contribution >= 4 is 0 Å². The van der Waals surface area contributed by atoms with E-state index < -0.39 is 0 Å². The second kappa shape index (κ2) is 6.36. The third-order valence-corrected chi connectivity index (χ3v) is 4.90. The van der Waals surface area contributed by atoms with Gasteiger partial charge in [0.25, 0.3) is 0 Å². The number of hydrogen-bond acceptors (Lipinski definition) is 3. The van der Waals surface area contributed by atoms with Crippen LogP contribution in [0, 0.1) is 11.3 Å². The first-order valence-corrected chi connectivity index (χ1v) is 7.64. The van der Waals surface area contributed by atoms with Crippen molar-refractivity contribution in [3.8, 4) is 0 Å². The van der Waals surface area contributed by atoms with Gasteiger partial charge in [-0.25, -0.2) is 0 Å². The van der Waals surface area contributed by atoms with Crippen LogP contribution in [0.2, 0.25) is 0 Å². The largest absolute Gasteiger partial charge is 0.381 e. The molecule has 2 fully saturated rings. The third-order valence-electron chi connectivity index (χ3n) is 4.90. The number of rotatable bonds is 3. The van der Waals surface area contributed by atoms with E-state index in [0.717, 1.165) is 25.7 Å². The van der Waals surface area contributed by atoms with Crippen LogP contribution in [-0.2, 0) is 4.74 Å². The highest BCUT2D eigenvalue weighted by Crippen LogP contribution is 2.32. The Bertz CT molecular complexity index is 249. The molecule has 3 nitrogen and oxygen atoms in total. The average Bonchev–Trinajstić information content (AvgIpc) is 2.54. The van der Waals surface area contributed by atoms with E-state index in [1.807, 2.05) is 0 Å². The molecule has 2 aliphatic heterocycles. The van der Waals surface area contributed by atoms with Crippen molar-refractivity contribution in [2.45, 2.75) is 52.0 Å². The fourth-order valence-corrected chi connectivity index (χ4v) is 3.52. The average molecular weight is 254 g/mol. The van der Waals surface area contributed by atoms with Gasteiger partial charge in [0.1, 0.15) is 0 Å². The molecule has 2 rings (SSSR count). The summed E-state index contributed by atoms with van der Waals surface area (Å²) in [6.45, 7) is 9.95. The molecule has 2 saturated heterocycles. The fourth-order valence-electron chi connectivity index (χ4n) is 3.52. The quantitative estimate of drug-likeness (QED) is 0.839. The lowest BCUT2D eigenvalue weighted by molar-refractivity contribution is 0.0277. The molecule has 18 heavy (non-hydrogen) atoms. The van der Waals surface area contributed by atoms with Crippen LogP contribution in [0.15, 0.2) is 0 Å². The highest BCUT2D eigenvalue weighted by molar-refractivity contribution is 4.85. The normalized spacial score (nSPS) is 28.8. The van der Waals surface area contributed by atoms with Gasteiger partial charge in [-0.1, -0.05) is 13.8 Å². The van der Waals surface area contributed by atoms with Gasteiger partial charge >= 0.3 is 0 Å². The molecule has 3 heteroatoms. The van der Waals surface area contributed by atoms with Crippen LogP contribution in [0.1, 0.15) is 46.0 Å². The van der Waals surface area contributed by atoms with Crippen LogP contribution in [0.4, 0.5) is 0 Å². The van der Waals surface area contributed by atoms with E-state index in [9.17, 15) is 0 Å². The minimum Gasteiger partial charge on any atom is -0.381 e. The molecule has 2 aliphatic rings. The zero-order valence-electron chi connectivity index (χ0n) is 12.2. The van der Waals surface area contributed by atoms with Crippen LogP contribution in [-0.4, -0.2) is 43.8 Å². The van der Waals surface area contributed by atoms with Crippen molar-refractivity contribution in [3.63, 3.8) is 0 Å². The molecule has 106 valence electrons. The van der Waals surface area contributed by atoms with E-state index in [-0.39, 0.29) is 0 Å². The molecule has 0 radical (unpaired) electrons. The predicted molar refractivity (Wildman–Crippen MR) is 75.6 cm³/mol. The van der Waals surface area contributed by atoms with Crippen LogP contribution in [0.25, 0.3) is 0 Å². The van der Waals surface area contributed by atoms with Gasteiger partial charge in [-0.05, 0) is 56.5 Å². The van der Waals surface area contributed by atoms with Crippen LogP contribution >= 0.6 is 0 Å². The van der Waals surface area contributed by atoms with Gasteiger partial charge in [-0.2, -0.15) is 0 Å². The first-order valence-electron chi connectivity index (χ1n) is 7.64. The van der Waals surface area contributed by atoms with Crippen molar-refractivity contribution in [1.82, 2.24) is 4.90 Å². The number of nitrogens with zero attached hydrogens (tertiary/aromatic N) is 1. The molecule has 0 amide bonds. The van der Waals surface area contributed by atoms with Gasteiger partial charge in [0.05, 0.1) is 0 Å². The Morgan fingerprint density at radius 2 is 1.94 bits per heavy atom. The van der Waals surface area contributed by atoms with E-state index in [0.29, 0.717) is 11.5 Å². The standard InChI is InChI=1S/C15H30N2O/c1-15(2)6-3-8-17(9-7-15)14(12-16)13-4-10-18-11-5-13/h13-14H,3-12,16H2,1-2H3. The van der Waals surface area contributed by atoms with Gasteiger partial charge in [-0.15, -0.1) is 0 Å².